The predicted octanol–water partition coefficient (Wildman–Crippen LogP) is 0.0653. The summed E-state index contributed by atoms with van der Waals surface area (Å²) < 4.78 is 10.9. The van der Waals surface area contributed by atoms with E-state index in [9.17, 15) is 4.79 Å². The molecule has 18 heavy (non-hydrogen) atoms. The van der Waals surface area contributed by atoms with Gasteiger partial charge in [-0.05, 0) is 19.3 Å². The molecule has 0 aromatic heterocycles. The summed E-state index contributed by atoms with van der Waals surface area (Å²) in [5, 5.41) is 8.72. The number of aliphatic hydroxyl groups is 1. The molecule has 2 aliphatic heterocycles. The zero-order valence-corrected chi connectivity index (χ0v) is 10.8. The molecule has 1 unspecified atom stereocenters. The van der Waals surface area contributed by atoms with E-state index in [-0.39, 0.29) is 18.1 Å². The SMILES string of the molecule is O=CC1(CN2CCC(OCCO)CC2)CCOC1. The van der Waals surface area contributed by atoms with E-state index in [1.54, 1.807) is 0 Å². The van der Waals surface area contributed by atoms with Crippen molar-refractivity contribution in [1.82, 2.24) is 4.90 Å². The summed E-state index contributed by atoms with van der Waals surface area (Å²) in [4.78, 5) is 13.6. The van der Waals surface area contributed by atoms with Crippen LogP contribution in [-0.2, 0) is 14.3 Å². The lowest BCUT2D eigenvalue weighted by Crippen LogP contribution is -2.44. The number of piperidine rings is 1. The molecule has 2 saturated heterocycles. The van der Waals surface area contributed by atoms with Crippen LogP contribution in [0.15, 0.2) is 0 Å². The van der Waals surface area contributed by atoms with Crippen molar-refractivity contribution in [3.05, 3.63) is 0 Å². The highest BCUT2D eigenvalue weighted by Gasteiger charge is 2.37. The van der Waals surface area contributed by atoms with E-state index in [0.29, 0.717) is 19.8 Å². The number of likely N-dealkylation sites (tertiary alicyclic amines) is 1. The molecule has 5 heteroatoms. The van der Waals surface area contributed by atoms with Gasteiger partial charge in [-0.3, -0.25) is 0 Å². The number of ether oxygens (including phenoxy) is 2. The second-order valence-corrected chi connectivity index (χ2v) is 5.35. The van der Waals surface area contributed by atoms with Crippen LogP contribution in [0.5, 0.6) is 0 Å². The largest absolute Gasteiger partial charge is 0.394 e. The minimum absolute atomic E-state index is 0.0891. The number of rotatable bonds is 6. The van der Waals surface area contributed by atoms with Crippen LogP contribution in [0.2, 0.25) is 0 Å². The quantitative estimate of drug-likeness (QED) is 0.682. The molecular formula is C13H23NO4. The topological polar surface area (TPSA) is 59.0 Å². The molecule has 0 amide bonds. The van der Waals surface area contributed by atoms with E-state index in [2.05, 4.69) is 4.90 Å². The molecule has 1 atom stereocenters. The van der Waals surface area contributed by atoms with Crippen molar-refractivity contribution < 1.29 is 19.4 Å². The van der Waals surface area contributed by atoms with E-state index in [1.165, 1.54) is 0 Å². The van der Waals surface area contributed by atoms with Gasteiger partial charge in [-0.25, -0.2) is 0 Å². The van der Waals surface area contributed by atoms with Gasteiger partial charge < -0.3 is 24.3 Å². The van der Waals surface area contributed by atoms with Gasteiger partial charge in [-0.2, -0.15) is 0 Å². The van der Waals surface area contributed by atoms with E-state index in [0.717, 1.165) is 45.2 Å². The van der Waals surface area contributed by atoms with Crippen LogP contribution in [0.3, 0.4) is 0 Å². The monoisotopic (exact) mass is 257 g/mol. The van der Waals surface area contributed by atoms with Crippen molar-refractivity contribution in [2.45, 2.75) is 25.4 Å². The van der Waals surface area contributed by atoms with E-state index in [1.807, 2.05) is 0 Å². The molecule has 0 saturated carbocycles. The van der Waals surface area contributed by atoms with Crippen molar-refractivity contribution in [1.29, 1.82) is 0 Å². The third kappa shape index (κ3) is 3.51. The van der Waals surface area contributed by atoms with Crippen molar-refractivity contribution in [2.75, 3.05) is 46.1 Å². The van der Waals surface area contributed by atoms with Crippen LogP contribution in [0.25, 0.3) is 0 Å². The summed E-state index contributed by atoms with van der Waals surface area (Å²) in [5.41, 5.74) is -0.279. The summed E-state index contributed by atoms with van der Waals surface area (Å²) >= 11 is 0. The molecule has 1 N–H and O–H groups in total. The average Bonchev–Trinajstić information content (AvgIpc) is 2.87. The van der Waals surface area contributed by atoms with Gasteiger partial charge in [0, 0.05) is 26.2 Å². The number of carbonyl (C=O) groups is 1. The van der Waals surface area contributed by atoms with Crippen molar-refractivity contribution in [2.24, 2.45) is 5.41 Å². The Labute approximate surface area is 108 Å². The first kappa shape index (κ1) is 13.9. The molecule has 0 spiro atoms. The van der Waals surface area contributed by atoms with Crippen LogP contribution in [0.4, 0.5) is 0 Å². The Morgan fingerprint density at radius 1 is 1.44 bits per heavy atom. The number of hydrogen-bond acceptors (Lipinski definition) is 5. The summed E-state index contributed by atoms with van der Waals surface area (Å²) in [7, 11) is 0. The lowest BCUT2D eigenvalue weighted by Gasteiger charge is -2.35. The van der Waals surface area contributed by atoms with Gasteiger partial charge in [0.15, 0.2) is 0 Å². The smallest absolute Gasteiger partial charge is 0.129 e. The van der Waals surface area contributed by atoms with E-state index in [4.69, 9.17) is 14.6 Å². The highest BCUT2D eigenvalue weighted by atomic mass is 16.5. The van der Waals surface area contributed by atoms with Gasteiger partial charge in [-0.15, -0.1) is 0 Å². The number of carbonyl (C=O) groups excluding carboxylic acids is 1. The van der Waals surface area contributed by atoms with E-state index < -0.39 is 0 Å². The van der Waals surface area contributed by atoms with Crippen molar-refractivity contribution in [3.63, 3.8) is 0 Å². The molecule has 2 fully saturated rings. The first-order valence-electron chi connectivity index (χ1n) is 6.77. The van der Waals surface area contributed by atoms with Gasteiger partial charge in [0.1, 0.15) is 6.29 Å². The van der Waals surface area contributed by atoms with Gasteiger partial charge in [0.25, 0.3) is 0 Å². The molecule has 2 heterocycles. The number of aldehydes is 1. The van der Waals surface area contributed by atoms with Crippen LogP contribution >= 0.6 is 0 Å². The fourth-order valence-electron chi connectivity index (χ4n) is 2.78. The highest BCUT2D eigenvalue weighted by molar-refractivity contribution is 5.60. The Morgan fingerprint density at radius 2 is 2.22 bits per heavy atom. The molecule has 0 aromatic rings. The molecule has 0 radical (unpaired) electrons. The standard InChI is InChI=1S/C13H23NO4/c15-6-8-18-12-1-4-14(5-2-12)9-13(10-16)3-7-17-11-13/h10,12,15H,1-9,11H2. The molecule has 0 bridgehead atoms. The minimum atomic E-state index is -0.279. The van der Waals surface area contributed by atoms with Gasteiger partial charge >= 0.3 is 0 Å². The predicted molar refractivity (Wildman–Crippen MR) is 66.4 cm³/mol. The van der Waals surface area contributed by atoms with Gasteiger partial charge in [0.2, 0.25) is 0 Å². The zero-order chi connectivity index (χ0) is 12.8. The Balaban J connectivity index is 1.74. The molecule has 0 aromatic carbocycles. The molecule has 2 aliphatic rings. The number of nitrogens with zero attached hydrogens (tertiary/aromatic N) is 1. The average molecular weight is 257 g/mol. The van der Waals surface area contributed by atoms with Crippen LogP contribution in [-0.4, -0.2) is 68.5 Å². The Morgan fingerprint density at radius 3 is 2.78 bits per heavy atom. The normalized spacial score (nSPS) is 30.7. The van der Waals surface area contributed by atoms with Crippen LogP contribution in [0.1, 0.15) is 19.3 Å². The minimum Gasteiger partial charge on any atom is -0.394 e. The Bertz CT molecular complexity index is 258. The molecule has 0 aliphatic carbocycles. The highest BCUT2D eigenvalue weighted by Crippen LogP contribution is 2.28. The van der Waals surface area contributed by atoms with Crippen LogP contribution in [0, 0.1) is 5.41 Å². The first-order chi connectivity index (χ1) is 8.78. The molecule has 104 valence electrons. The fourth-order valence-corrected chi connectivity index (χ4v) is 2.78. The van der Waals surface area contributed by atoms with Crippen molar-refractivity contribution >= 4 is 6.29 Å². The third-order valence-electron chi connectivity index (χ3n) is 3.90. The first-order valence-corrected chi connectivity index (χ1v) is 6.77. The summed E-state index contributed by atoms with van der Waals surface area (Å²) in [6.45, 7) is 4.52. The third-order valence-corrected chi connectivity index (χ3v) is 3.90. The summed E-state index contributed by atoms with van der Waals surface area (Å²) in [5.74, 6) is 0. The Kier molecular flexibility index (Phi) is 5.12. The van der Waals surface area contributed by atoms with E-state index >= 15 is 0 Å². The summed E-state index contributed by atoms with van der Waals surface area (Å²) in [6.07, 6.45) is 4.15. The maximum Gasteiger partial charge on any atom is 0.129 e. The van der Waals surface area contributed by atoms with Gasteiger partial charge in [-0.1, -0.05) is 0 Å². The maximum atomic E-state index is 11.2. The zero-order valence-electron chi connectivity index (χ0n) is 10.8. The second-order valence-electron chi connectivity index (χ2n) is 5.35. The van der Waals surface area contributed by atoms with Gasteiger partial charge in [0.05, 0.1) is 31.3 Å². The summed E-state index contributed by atoms with van der Waals surface area (Å²) in [6, 6.07) is 0. The maximum absolute atomic E-state index is 11.2. The molecule has 5 nitrogen and oxygen atoms in total. The van der Waals surface area contributed by atoms with Crippen molar-refractivity contribution in [3.8, 4) is 0 Å². The molecule has 2 rings (SSSR count). The lowest BCUT2D eigenvalue weighted by atomic mass is 9.88. The number of aliphatic hydroxyl groups excluding tert-OH is 1. The molecular weight excluding hydrogens is 234 g/mol. The fraction of sp³-hybridized carbons (Fsp3) is 0.923. The number of hydrogen-bond donors (Lipinski definition) is 1. The van der Waals surface area contributed by atoms with Crippen LogP contribution < -0.4 is 0 Å². The lowest BCUT2D eigenvalue weighted by molar-refractivity contribution is -0.117. The second kappa shape index (κ2) is 6.61. The Hall–Kier alpha value is -0.490.